The second-order valence-electron chi connectivity index (χ2n) is 10.2. The van der Waals surface area contributed by atoms with Crippen LogP contribution in [0.1, 0.15) is 80.7 Å². The maximum atomic E-state index is 13.0. The van der Waals surface area contributed by atoms with Crippen molar-refractivity contribution in [2.24, 2.45) is 4.99 Å². The number of amides is 2. The van der Waals surface area contributed by atoms with Crippen LogP contribution in [0.15, 0.2) is 41.5 Å². The molecule has 0 radical (unpaired) electrons. The summed E-state index contributed by atoms with van der Waals surface area (Å²) in [5.41, 5.74) is 2.79. The molecule has 206 valence electrons. The van der Waals surface area contributed by atoms with E-state index in [1.807, 2.05) is 30.3 Å². The molecule has 0 spiro atoms. The standard InChI is InChI=1S/C29H37N7O2S/c1-35(2)28(38)25-18-21-19-31-29(34-27(21)36(25)22-12-7-8-13-22)33-24-15-10-9-14-23(24)32-26(37)16-6-4-3-5-11-17-30-20-39/h9-10,14-15,18-19,22H,3-8,11-13,16-17H2,1-2H3,(H,32,37)(H,31,33,34). The molecule has 9 nitrogen and oxygen atoms in total. The molecule has 3 aromatic rings. The van der Waals surface area contributed by atoms with E-state index in [2.05, 4.69) is 42.6 Å². The minimum atomic E-state index is -0.0392. The summed E-state index contributed by atoms with van der Waals surface area (Å²) in [6, 6.07) is 9.68. The number of nitrogens with one attached hydrogen (secondary N) is 2. The van der Waals surface area contributed by atoms with E-state index in [-0.39, 0.29) is 17.9 Å². The van der Waals surface area contributed by atoms with Crippen molar-refractivity contribution in [3.05, 3.63) is 42.2 Å². The molecule has 10 heteroatoms. The molecule has 1 aliphatic rings. The number of carbonyl (C=O) groups is 2. The van der Waals surface area contributed by atoms with Crippen LogP contribution in [0.3, 0.4) is 0 Å². The van der Waals surface area contributed by atoms with Crippen LogP contribution >= 0.6 is 12.2 Å². The number of isothiocyanates is 1. The molecule has 0 aliphatic heterocycles. The fourth-order valence-corrected chi connectivity index (χ4v) is 5.17. The minimum absolute atomic E-state index is 0.0205. The average molecular weight is 548 g/mol. The van der Waals surface area contributed by atoms with Gasteiger partial charge in [-0.2, -0.15) is 4.98 Å². The zero-order valence-electron chi connectivity index (χ0n) is 22.8. The third-order valence-corrected chi connectivity index (χ3v) is 7.21. The first-order chi connectivity index (χ1) is 19.0. The number of aromatic nitrogens is 3. The van der Waals surface area contributed by atoms with Crippen LogP contribution in [0.5, 0.6) is 0 Å². The Kier molecular flexibility index (Phi) is 10.2. The average Bonchev–Trinajstić information content (AvgIpc) is 3.58. The van der Waals surface area contributed by atoms with Crippen LogP contribution in [0.2, 0.25) is 0 Å². The van der Waals surface area contributed by atoms with Crippen molar-refractivity contribution in [1.29, 1.82) is 0 Å². The molecule has 2 amide bonds. The summed E-state index contributed by atoms with van der Waals surface area (Å²) >= 11 is 4.57. The number of hydrogen-bond acceptors (Lipinski definition) is 7. The summed E-state index contributed by atoms with van der Waals surface area (Å²) in [5.74, 6) is 0.360. The Morgan fingerprint density at radius 1 is 1.10 bits per heavy atom. The van der Waals surface area contributed by atoms with E-state index in [9.17, 15) is 9.59 Å². The van der Waals surface area contributed by atoms with Crippen molar-refractivity contribution in [3.63, 3.8) is 0 Å². The zero-order chi connectivity index (χ0) is 27.6. The lowest BCUT2D eigenvalue weighted by Gasteiger charge is -2.19. The molecule has 0 atom stereocenters. The highest BCUT2D eigenvalue weighted by Gasteiger charge is 2.26. The van der Waals surface area contributed by atoms with Gasteiger partial charge in [0.2, 0.25) is 11.9 Å². The van der Waals surface area contributed by atoms with Gasteiger partial charge in [-0.3, -0.25) is 9.59 Å². The van der Waals surface area contributed by atoms with Crippen molar-refractivity contribution in [2.45, 2.75) is 70.3 Å². The van der Waals surface area contributed by atoms with E-state index >= 15 is 0 Å². The number of benzene rings is 1. The molecule has 1 aromatic carbocycles. The lowest BCUT2D eigenvalue weighted by molar-refractivity contribution is -0.116. The summed E-state index contributed by atoms with van der Waals surface area (Å²) in [6.45, 7) is 0.728. The Morgan fingerprint density at radius 3 is 2.56 bits per heavy atom. The Labute approximate surface area is 235 Å². The van der Waals surface area contributed by atoms with Crippen LogP contribution in [0.4, 0.5) is 17.3 Å². The largest absolute Gasteiger partial charge is 0.343 e. The van der Waals surface area contributed by atoms with Crippen LogP contribution in [-0.4, -0.2) is 57.1 Å². The molecule has 39 heavy (non-hydrogen) atoms. The van der Waals surface area contributed by atoms with Gasteiger partial charge in [0.25, 0.3) is 5.91 Å². The Bertz CT molecular complexity index is 1340. The molecule has 2 heterocycles. The molecule has 0 unspecified atom stereocenters. The van der Waals surface area contributed by atoms with Crippen molar-refractivity contribution < 1.29 is 9.59 Å². The summed E-state index contributed by atoms with van der Waals surface area (Å²) in [5, 5.41) is 9.53. The predicted octanol–water partition coefficient (Wildman–Crippen LogP) is 6.37. The van der Waals surface area contributed by atoms with Gasteiger partial charge in [-0.1, -0.05) is 44.2 Å². The van der Waals surface area contributed by atoms with Gasteiger partial charge in [0, 0.05) is 44.7 Å². The first kappa shape index (κ1) is 28.4. The first-order valence-corrected chi connectivity index (χ1v) is 14.2. The lowest BCUT2D eigenvalue weighted by Crippen LogP contribution is -2.25. The van der Waals surface area contributed by atoms with Gasteiger partial charge in [0.1, 0.15) is 11.3 Å². The van der Waals surface area contributed by atoms with E-state index in [0.717, 1.165) is 75.4 Å². The number of nitrogens with zero attached hydrogens (tertiary/aromatic N) is 5. The fourth-order valence-electron chi connectivity index (χ4n) is 5.08. The number of unbranched alkanes of at least 4 members (excludes halogenated alkanes) is 4. The van der Waals surface area contributed by atoms with Gasteiger partial charge in [-0.25, -0.2) is 9.98 Å². The van der Waals surface area contributed by atoms with Gasteiger partial charge < -0.3 is 20.1 Å². The molecule has 1 aliphatic carbocycles. The lowest BCUT2D eigenvalue weighted by atomic mass is 10.1. The number of fused-ring (bicyclic) bond motifs is 1. The number of rotatable bonds is 13. The number of anilines is 3. The van der Waals surface area contributed by atoms with Crippen LogP contribution in [0, 0.1) is 0 Å². The van der Waals surface area contributed by atoms with Crippen molar-refractivity contribution in [2.75, 3.05) is 31.3 Å². The molecule has 0 saturated heterocycles. The molecular weight excluding hydrogens is 510 g/mol. The molecule has 0 bridgehead atoms. The zero-order valence-corrected chi connectivity index (χ0v) is 23.6. The highest BCUT2D eigenvalue weighted by atomic mass is 32.1. The van der Waals surface area contributed by atoms with Crippen LogP contribution in [0.25, 0.3) is 11.0 Å². The molecule has 2 N–H and O–H groups in total. The van der Waals surface area contributed by atoms with Gasteiger partial charge in [-0.15, -0.1) is 0 Å². The van der Waals surface area contributed by atoms with Crippen molar-refractivity contribution >= 4 is 57.6 Å². The molecular formula is C29H37N7O2S. The van der Waals surface area contributed by atoms with Crippen LogP contribution < -0.4 is 10.6 Å². The summed E-state index contributed by atoms with van der Waals surface area (Å²) in [4.78, 5) is 40.5. The third-order valence-electron chi connectivity index (χ3n) is 7.08. The normalized spacial score (nSPS) is 13.3. The molecule has 1 fully saturated rings. The fraction of sp³-hybridized carbons (Fsp3) is 0.483. The number of para-hydroxylation sites is 2. The van der Waals surface area contributed by atoms with E-state index < -0.39 is 0 Å². The second-order valence-corrected chi connectivity index (χ2v) is 10.4. The third kappa shape index (κ3) is 7.49. The highest BCUT2D eigenvalue weighted by molar-refractivity contribution is 7.78. The van der Waals surface area contributed by atoms with Gasteiger partial charge in [0.15, 0.2) is 0 Å². The number of hydrogen-bond donors (Lipinski definition) is 2. The smallest absolute Gasteiger partial charge is 0.270 e. The molecule has 4 rings (SSSR count). The minimum Gasteiger partial charge on any atom is -0.343 e. The SMILES string of the molecule is CN(C)C(=O)c1cc2cnc(Nc3ccccc3NC(=O)CCCCCCCN=C=S)nc2n1C1CCCC1. The van der Waals surface area contributed by atoms with Crippen molar-refractivity contribution in [1.82, 2.24) is 19.4 Å². The summed E-state index contributed by atoms with van der Waals surface area (Å²) in [6.07, 6.45) is 11.6. The van der Waals surface area contributed by atoms with E-state index in [1.54, 1.807) is 25.2 Å². The Balaban J connectivity index is 1.44. The predicted molar refractivity (Wildman–Crippen MR) is 159 cm³/mol. The van der Waals surface area contributed by atoms with E-state index in [0.29, 0.717) is 29.4 Å². The maximum absolute atomic E-state index is 13.0. The Morgan fingerprint density at radius 2 is 1.82 bits per heavy atom. The molecule has 1 saturated carbocycles. The second kappa shape index (κ2) is 14.0. The Hall–Kier alpha value is -3.62. The summed E-state index contributed by atoms with van der Waals surface area (Å²) in [7, 11) is 3.53. The van der Waals surface area contributed by atoms with Gasteiger partial charge in [-0.05, 0) is 56.1 Å². The maximum Gasteiger partial charge on any atom is 0.270 e. The number of carbonyl (C=O) groups excluding carboxylic acids is 2. The highest BCUT2D eigenvalue weighted by Crippen LogP contribution is 2.35. The van der Waals surface area contributed by atoms with E-state index in [1.165, 1.54) is 0 Å². The monoisotopic (exact) mass is 547 g/mol. The van der Waals surface area contributed by atoms with E-state index in [4.69, 9.17) is 4.98 Å². The molecule has 2 aromatic heterocycles. The van der Waals surface area contributed by atoms with Gasteiger partial charge >= 0.3 is 0 Å². The first-order valence-electron chi connectivity index (χ1n) is 13.8. The van der Waals surface area contributed by atoms with Crippen LogP contribution in [-0.2, 0) is 4.79 Å². The number of aliphatic imine (C=N–C) groups is 1. The topological polar surface area (TPSA) is 105 Å². The summed E-state index contributed by atoms with van der Waals surface area (Å²) < 4.78 is 2.09. The quantitative estimate of drug-likeness (QED) is 0.146. The number of thiocarbonyl (C=S) groups is 1. The van der Waals surface area contributed by atoms with Crippen molar-refractivity contribution in [3.8, 4) is 0 Å². The van der Waals surface area contributed by atoms with Gasteiger partial charge in [0.05, 0.1) is 16.5 Å².